The fourth-order valence-electron chi connectivity index (χ4n) is 3.11. The highest BCUT2D eigenvalue weighted by atomic mass is 14.9. The van der Waals surface area contributed by atoms with Crippen molar-refractivity contribution in [3.63, 3.8) is 0 Å². The monoisotopic (exact) mass is 245 g/mol. The maximum Gasteiger partial charge on any atom is 0.0210 e. The van der Waals surface area contributed by atoms with Crippen LogP contribution in [0.3, 0.4) is 0 Å². The Hall–Kier alpha value is -0.820. The van der Waals surface area contributed by atoms with Crippen LogP contribution in [0.15, 0.2) is 12.1 Å². The number of benzene rings is 1. The minimum atomic E-state index is 0.661. The molecule has 0 radical (unpaired) electrons. The van der Waals surface area contributed by atoms with Gasteiger partial charge >= 0.3 is 0 Å². The van der Waals surface area contributed by atoms with E-state index in [0.717, 1.165) is 12.5 Å². The van der Waals surface area contributed by atoms with Crippen molar-refractivity contribution in [3.8, 4) is 0 Å². The zero-order valence-electron chi connectivity index (χ0n) is 12.3. The number of aryl methyl sites for hydroxylation is 3. The van der Waals surface area contributed by atoms with Gasteiger partial charge in [-0.3, -0.25) is 0 Å². The van der Waals surface area contributed by atoms with Gasteiger partial charge in [-0.15, -0.1) is 0 Å². The highest BCUT2D eigenvalue weighted by Crippen LogP contribution is 2.27. The molecular weight excluding hydrogens is 218 g/mol. The number of hydrogen-bond donors (Lipinski definition) is 1. The van der Waals surface area contributed by atoms with E-state index in [4.69, 9.17) is 0 Å². The molecule has 0 unspecified atom stereocenters. The molecule has 0 heterocycles. The lowest BCUT2D eigenvalue weighted by Crippen LogP contribution is -2.32. The Morgan fingerprint density at radius 1 is 1.06 bits per heavy atom. The fraction of sp³-hybridized carbons (Fsp3) is 0.647. The van der Waals surface area contributed by atoms with Gasteiger partial charge in [0.15, 0.2) is 0 Å². The molecule has 0 bridgehead atoms. The van der Waals surface area contributed by atoms with Crippen molar-refractivity contribution in [3.05, 3.63) is 34.4 Å². The van der Waals surface area contributed by atoms with Gasteiger partial charge in [0.2, 0.25) is 0 Å². The number of hydrogen-bond acceptors (Lipinski definition) is 1. The van der Waals surface area contributed by atoms with E-state index >= 15 is 0 Å². The van der Waals surface area contributed by atoms with Crippen molar-refractivity contribution in [2.75, 3.05) is 0 Å². The van der Waals surface area contributed by atoms with Crippen LogP contribution in [0.4, 0.5) is 0 Å². The van der Waals surface area contributed by atoms with Gasteiger partial charge in [-0.05, 0) is 68.7 Å². The summed E-state index contributed by atoms with van der Waals surface area (Å²) >= 11 is 0. The van der Waals surface area contributed by atoms with Gasteiger partial charge in [0.05, 0.1) is 0 Å². The van der Waals surface area contributed by atoms with Crippen molar-refractivity contribution in [2.45, 2.75) is 66.0 Å². The second-order valence-electron chi connectivity index (χ2n) is 6.08. The van der Waals surface area contributed by atoms with Crippen LogP contribution in [0.1, 0.15) is 54.9 Å². The van der Waals surface area contributed by atoms with Gasteiger partial charge in [0, 0.05) is 12.6 Å². The topological polar surface area (TPSA) is 12.0 Å². The first-order valence-electron chi connectivity index (χ1n) is 7.38. The summed E-state index contributed by atoms with van der Waals surface area (Å²) in [5.41, 5.74) is 5.69. The molecule has 0 aliphatic heterocycles. The van der Waals surface area contributed by atoms with Gasteiger partial charge < -0.3 is 5.32 Å². The van der Waals surface area contributed by atoms with Gasteiger partial charge in [-0.2, -0.15) is 0 Å². The Labute approximate surface area is 112 Å². The van der Waals surface area contributed by atoms with E-state index in [9.17, 15) is 0 Å². The predicted molar refractivity (Wildman–Crippen MR) is 78.9 cm³/mol. The van der Waals surface area contributed by atoms with E-state index in [2.05, 4.69) is 45.1 Å². The van der Waals surface area contributed by atoms with Crippen LogP contribution in [0.2, 0.25) is 0 Å². The Morgan fingerprint density at radius 2 is 1.67 bits per heavy atom. The third kappa shape index (κ3) is 3.14. The molecule has 1 aromatic carbocycles. The van der Waals surface area contributed by atoms with E-state index in [1.165, 1.54) is 47.9 Å². The SMILES string of the molecule is Cc1cc(C)c(CN[C@@H](C)C2CCCC2)cc1C. The summed E-state index contributed by atoms with van der Waals surface area (Å²) in [5, 5.41) is 3.73. The van der Waals surface area contributed by atoms with Gasteiger partial charge in [-0.1, -0.05) is 25.0 Å². The minimum Gasteiger partial charge on any atom is -0.310 e. The normalized spacial score (nSPS) is 18.2. The summed E-state index contributed by atoms with van der Waals surface area (Å²) in [7, 11) is 0. The van der Waals surface area contributed by atoms with E-state index in [1.54, 1.807) is 0 Å². The molecule has 1 fully saturated rings. The van der Waals surface area contributed by atoms with Crippen LogP contribution in [0, 0.1) is 26.7 Å². The second kappa shape index (κ2) is 5.88. The maximum atomic E-state index is 3.73. The Morgan fingerprint density at radius 3 is 2.33 bits per heavy atom. The summed E-state index contributed by atoms with van der Waals surface area (Å²) in [4.78, 5) is 0. The molecule has 100 valence electrons. The highest BCUT2D eigenvalue weighted by Gasteiger charge is 2.20. The fourth-order valence-corrected chi connectivity index (χ4v) is 3.11. The molecule has 18 heavy (non-hydrogen) atoms. The van der Waals surface area contributed by atoms with Crippen molar-refractivity contribution >= 4 is 0 Å². The lowest BCUT2D eigenvalue weighted by Gasteiger charge is -2.21. The standard InChI is InChI=1S/C17H27N/c1-12-9-14(3)17(10-13(12)2)11-18-15(4)16-7-5-6-8-16/h9-10,15-16,18H,5-8,11H2,1-4H3/t15-/m0/s1. The summed E-state index contributed by atoms with van der Waals surface area (Å²) < 4.78 is 0. The van der Waals surface area contributed by atoms with Crippen LogP contribution in [-0.2, 0) is 6.54 Å². The van der Waals surface area contributed by atoms with Crippen LogP contribution >= 0.6 is 0 Å². The molecule has 1 N–H and O–H groups in total. The van der Waals surface area contributed by atoms with Crippen molar-refractivity contribution in [2.24, 2.45) is 5.92 Å². The molecule has 1 aliphatic rings. The smallest absolute Gasteiger partial charge is 0.0210 e. The quantitative estimate of drug-likeness (QED) is 0.835. The third-order valence-electron chi connectivity index (χ3n) is 4.67. The average Bonchev–Trinajstić information content (AvgIpc) is 2.85. The summed E-state index contributed by atoms with van der Waals surface area (Å²) in [6, 6.07) is 5.32. The van der Waals surface area contributed by atoms with E-state index in [-0.39, 0.29) is 0 Å². The van der Waals surface area contributed by atoms with Crippen LogP contribution in [0.25, 0.3) is 0 Å². The first-order chi connectivity index (χ1) is 8.58. The van der Waals surface area contributed by atoms with Crippen molar-refractivity contribution in [1.82, 2.24) is 5.32 Å². The molecule has 0 aromatic heterocycles. The Balaban J connectivity index is 1.95. The van der Waals surface area contributed by atoms with Crippen LogP contribution in [-0.4, -0.2) is 6.04 Å². The van der Waals surface area contributed by atoms with E-state index < -0.39 is 0 Å². The third-order valence-corrected chi connectivity index (χ3v) is 4.67. The molecule has 2 rings (SSSR count). The molecule has 1 saturated carbocycles. The number of rotatable bonds is 4. The van der Waals surface area contributed by atoms with Crippen molar-refractivity contribution in [1.29, 1.82) is 0 Å². The lowest BCUT2D eigenvalue weighted by atomic mass is 9.98. The molecular formula is C17H27N. The minimum absolute atomic E-state index is 0.661. The Bertz CT molecular complexity index is 402. The van der Waals surface area contributed by atoms with Gasteiger partial charge in [0.1, 0.15) is 0 Å². The highest BCUT2D eigenvalue weighted by molar-refractivity contribution is 5.36. The second-order valence-corrected chi connectivity index (χ2v) is 6.08. The average molecular weight is 245 g/mol. The largest absolute Gasteiger partial charge is 0.310 e. The van der Waals surface area contributed by atoms with Gasteiger partial charge in [-0.25, -0.2) is 0 Å². The predicted octanol–water partition coefficient (Wildman–Crippen LogP) is 4.28. The molecule has 1 heteroatoms. The summed E-state index contributed by atoms with van der Waals surface area (Å²) in [6.45, 7) is 10.0. The summed E-state index contributed by atoms with van der Waals surface area (Å²) in [5.74, 6) is 0.900. The maximum absolute atomic E-state index is 3.73. The van der Waals surface area contributed by atoms with E-state index in [0.29, 0.717) is 6.04 Å². The number of nitrogens with one attached hydrogen (secondary N) is 1. The Kier molecular flexibility index (Phi) is 4.45. The molecule has 1 nitrogen and oxygen atoms in total. The lowest BCUT2D eigenvalue weighted by molar-refractivity contribution is 0.380. The van der Waals surface area contributed by atoms with E-state index in [1.807, 2.05) is 0 Å². The first kappa shape index (κ1) is 13.6. The molecule has 1 aliphatic carbocycles. The van der Waals surface area contributed by atoms with Crippen LogP contribution < -0.4 is 5.32 Å². The van der Waals surface area contributed by atoms with Crippen LogP contribution in [0.5, 0.6) is 0 Å². The van der Waals surface area contributed by atoms with Crippen molar-refractivity contribution < 1.29 is 0 Å². The molecule has 1 atom stereocenters. The molecule has 1 aromatic rings. The van der Waals surface area contributed by atoms with Gasteiger partial charge in [0.25, 0.3) is 0 Å². The summed E-state index contributed by atoms with van der Waals surface area (Å²) in [6.07, 6.45) is 5.69. The molecule has 0 amide bonds. The molecule has 0 spiro atoms. The first-order valence-corrected chi connectivity index (χ1v) is 7.38. The zero-order chi connectivity index (χ0) is 13.1. The zero-order valence-corrected chi connectivity index (χ0v) is 12.3. The molecule has 0 saturated heterocycles.